The first-order chi connectivity index (χ1) is 6.65. The van der Waals surface area contributed by atoms with Gasteiger partial charge in [-0.05, 0) is 6.08 Å². The summed E-state index contributed by atoms with van der Waals surface area (Å²) in [6, 6.07) is 1.72. The lowest BCUT2D eigenvalue weighted by atomic mass is 10.3. The summed E-state index contributed by atoms with van der Waals surface area (Å²) in [5.41, 5.74) is -0.0169. The van der Waals surface area contributed by atoms with Gasteiger partial charge in [0.2, 0.25) is 0 Å². The zero-order chi connectivity index (χ0) is 10.6. The Morgan fingerprint density at radius 2 is 2.50 bits per heavy atom. The molecule has 0 spiro atoms. The van der Waals surface area contributed by atoms with Gasteiger partial charge in [0, 0.05) is 12.4 Å². The van der Waals surface area contributed by atoms with Crippen LogP contribution in [-0.2, 0) is 9.53 Å². The molecule has 0 saturated carbocycles. The largest absolute Gasteiger partial charge is 0.550 e. The summed E-state index contributed by atoms with van der Waals surface area (Å²) in [6.45, 7) is 0.481. The molecule has 14 heavy (non-hydrogen) atoms. The number of amides is 1. The molecule has 0 bridgehead atoms. The van der Waals surface area contributed by atoms with Gasteiger partial charge in [-0.3, -0.25) is 4.90 Å². The van der Waals surface area contributed by atoms with Crippen molar-refractivity contribution in [2.45, 2.75) is 6.42 Å². The van der Waals surface area contributed by atoms with Gasteiger partial charge in [0.05, 0.1) is 6.54 Å². The highest BCUT2D eigenvalue weighted by Gasteiger charge is 2.25. The average molecular weight is 195 g/mol. The van der Waals surface area contributed by atoms with Crippen LogP contribution in [0.1, 0.15) is 6.42 Å². The molecule has 0 aliphatic carbocycles. The summed E-state index contributed by atoms with van der Waals surface area (Å²) in [7, 11) is 0. The lowest BCUT2D eigenvalue weighted by Gasteiger charge is -2.10. The Balaban J connectivity index is 2.71. The van der Waals surface area contributed by atoms with Gasteiger partial charge in [-0.25, -0.2) is 4.79 Å². The molecule has 0 unspecified atom stereocenters. The topological polar surface area (TPSA) is 93.5 Å². The number of hydrogen-bond donors (Lipinski definition) is 0. The maximum absolute atomic E-state index is 11.0. The van der Waals surface area contributed by atoms with Crippen molar-refractivity contribution in [3.05, 3.63) is 11.8 Å². The molecule has 74 valence electrons. The molecule has 1 amide bonds. The van der Waals surface area contributed by atoms with E-state index in [9.17, 15) is 14.7 Å². The van der Waals surface area contributed by atoms with Crippen molar-refractivity contribution < 1.29 is 19.4 Å². The van der Waals surface area contributed by atoms with Gasteiger partial charge in [0.25, 0.3) is 0 Å². The van der Waals surface area contributed by atoms with Gasteiger partial charge in [0.15, 0.2) is 0 Å². The van der Waals surface area contributed by atoms with Crippen LogP contribution in [0.15, 0.2) is 11.8 Å². The molecular formula is C8H7N2O4-. The number of cyclic esters (lactones) is 1. The van der Waals surface area contributed by atoms with E-state index in [0.29, 0.717) is 0 Å². The average Bonchev–Trinajstić information content (AvgIpc) is 2.53. The molecule has 1 aliphatic heterocycles. The molecule has 1 heterocycles. The van der Waals surface area contributed by atoms with E-state index in [0.717, 1.165) is 11.0 Å². The minimum absolute atomic E-state index is 0.0169. The number of hydrogen-bond acceptors (Lipinski definition) is 5. The van der Waals surface area contributed by atoms with Crippen molar-refractivity contribution in [3.8, 4) is 6.07 Å². The van der Waals surface area contributed by atoms with Crippen LogP contribution >= 0.6 is 0 Å². The van der Waals surface area contributed by atoms with E-state index in [1.807, 2.05) is 0 Å². The maximum Gasteiger partial charge on any atom is 0.415 e. The molecule has 0 atom stereocenters. The number of carboxylic acid groups (broad SMARTS) is 1. The Morgan fingerprint density at radius 3 is 2.93 bits per heavy atom. The first-order valence-electron chi connectivity index (χ1n) is 3.89. The van der Waals surface area contributed by atoms with Crippen LogP contribution in [0.25, 0.3) is 0 Å². The number of allylic oxidation sites excluding steroid dienone is 1. The van der Waals surface area contributed by atoms with Crippen molar-refractivity contribution in [2.24, 2.45) is 0 Å². The van der Waals surface area contributed by atoms with E-state index < -0.39 is 18.5 Å². The lowest BCUT2D eigenvalue weighted by Crippen LogP contribution is -2.25. The number of nitrogens with zero attached hydrogens (tertiary/aromatic N) is 2. The van der Waals surface area contributed by atoms with Crippen LogP contribution in [-0.4, -0.2) is 30.1 Å². The van der Waals surface area contributed by atoms with E-state index in [2.05, 4.69) is 4.74 Å². The number of nitriles is 1. The second-order valence-electron chi connectivity index (χ2n) is 2.54. The lowest BCUT2D eigenvalue weighted by molar-refractivity contribution is -0.304. The minimum atomic E-state index is -1.30. The second kappa shape index (κ2) is 4.28. The number of carbonyl (C=O) groups excluding carboxylic acids is 2. The van der Waals surface area contributed by atoms with Crippen LogP contribution < -0.4 is 5.11 Å². The third-order valence-electron chi connectivity index (χ3n) is 1.63. The van der Waals surface area contributed by atoms with Crippen molar-refractivity contribution in [1.29, 1.82) is 5.26 Å². The zero-order valence-electron chi connectivity index (χ0n) is 7.23. The number of carboxylic acids is 1. The Kier molecular flexibility index (Phi) is 3.07. The summed E-state index contributed by atoms with van der Waals surface area (Å²) in [5.74, 6) is -1.30. The highest BCUT2D eigenvalue weighted by Crippen LogP contribution is 2.11. The van der Waals surface area contributed by atoms with Gasteiger partial charge in [-0.15, -0.1) is 0 Å². The third kappa shape index (κ3) is 2.23. The SMILES string of the molecule is N#C/C(=C\CC(=O)[O-])N1CCOC1=O. The van der Waals surface area contributed by atoms with Crippen LogP contribution in [0.5, 0.6) is 0 Å². The normalized spacial score (nSPS) is 16.4. The number of rotatable bonds is 3. The van der Waals surface area contributed by atoms with E-state index in [-0.39, 0.29) is 18.8 Å². The monoisotopic (exact) mass is 195 g/mol. The molecule has 0 radical (unpaired) electrons. The van der Waals surface area contributed by atoms with E-state index >= 15 is 0 Å². The standard InChI is InChI=1S/C8H8N2O4/c9-5-6(1-2-7(11)12)10-3-4-14-8(10)13/h1H,2-4H2,(H,11,12)/p-1/b6-1+. The Hall–Kier alpha value is -2.03. The molecule has 0 aromatic carbocycles. The first kappa shape index (κ1) is 10.1. The fourth-order valence-corrected chi connectivity index (χ4v) is 1.01. The van der Waals surface area contributed by atoms with Gasteiger partial charge in [0.1, 0.15) is 18.4 Å². The van der Waals surface area contributed by atoms with Crippen molar-refractivity contribution in [3.63, 3.8) is 0 Å². The molecule has 1 fully saturated rings. The molecule has 6 heteroatoms. The van der Waals surface area contributed by atoms with Crippen LogP contribution in [0, 0.1) is 11.3 Å². The molecule has 0 aromatic rings. The predicted molar refractivity (Wildman–Crippen MR) is 41.4 cm³/mol. The maximum atomic E-state index is 11.0. The van der Waals surface area contributed by atoms with Crippen LogP contribution in [0.2, 0.25) is 0 Å². The molecule has 1 rings (SSSR count). The molecule has 0 aromatic heterocycles. The van der Waals surface area contributed by atoms with E-state index in [4.69, 9.17) is 5.26 Å². The summed E-state index contributed by atoms with van der Waals surface area (Å²) in [6.07, 6.45) is 0.102. The van der Waals surface area contributed by atoms with Gasteiger partial charge < -0.3 is 14.6 Å². The molecule has 0 N–H and O–H groups in total. The Labute approximate surface area is 80.0 Å². The first-order valence-corrected chi connectivity index (χ1v) is 3.89. The summed E-state index contributed by atoms with van der Waals surface area (Å²) in [4.78, 5) is 22.2. The highest BCUT2D eigenvalue weighted by molar-refractivity contribution is 5.73. The highest BCUT2D eigenvalue weighted by atomic mass is 16.6. The summed E-state index contributed by atoms with van der Waals surface area (Å²) < 4.78 is 4.59. The molecular weight excluding hydrogens is 188 g/mol. The van der Waals surface area contributed by atoms with Crippen LogP contribution in [0.4, 0.5) is 4.79 Å². The molecule has 1 aliphatic rings. The minimum Gasteiger partial charge on any atom is -0.550 e. The molecule has 1 saturated heterocycles. The smallest absolute Gasteiger partial charge is 0.415 e. The van der Waals surface area contributed by atoms with Gasteiger partial charge >= 0.3 is 6.09 Å². The van der Waals surface area contributed by atoms with Gasteiger partial charge in [-0.1, -0.05) is 0 Å². The van der Waals surface area contributed by atoms with Crippen molar-refractivity contribution in [1.82, 2.24) is 4.90 Å². The molecule has 6 nitrogen and oxygen atoms in total. The third-order valence-corrected chi connectivity index (χ3v) is 1.63. The number of aliphatic carboxylic acids is 1. The van der Waals surface area contributed by atoms with E-state index in [1.54, 1.807) is 6.07 Å². The Morgan fingerprint density at radius 1 is 1.79 bits per heavy atom. The van der Waals surface area contributed by atoms with Gasteiger partial charge in [-0.2, -0.15) is 5.26 Å². The van der Waals surface area contributed by atoms with Crippen molar-refractivity contribution in [2.75, 3.05) is 13.2 Å². The second-order valence-corrected chi connectivity index (χ2v) is 2.54. The number of carbonyl (C=O) groups is 2. The Bertz CT molecular complexity index is 329. The predicted octanol–water partition coefficient (Wildman–Crippen LogP) is -1.01. The quantitative estimate of drug-likeness (QED) is 0.537. The van der Waals surface area contributed by atoms with Crippen LogP contribution in [0.3, 0.4) is 0 Å². The van der Waals surface area contributed by atoms with Crippen molar-refractivity contribution >= 4 is 12.1 Å². The fourth-order valence-electron chi connectivity index (χ4n) is 1.01. The fraction of sp³-hybridized carbons (Fsp3) is 0.375. The zero-order valence-corrected chi connectivity index (χ0v) is 7.23. The summed E-state index contributed by atoms with van der Waals surface area (Å²) >= 11 is 0. The summed E-state index contributed by atoms with van der Waals surface area (Å²) in [5, 5.41) is 18.8. The number of ether oxygens (including phenoxy) is 1. The van der Waals surface area contributed by atoms with E-state index in [1.165, 1.54) is 0 Å².